The number of aryl methyl sites for hydroxylation is 1. The molecule has 0 radical (unpaired) electrons. The van der Waals surface area contributed by atoms with Crippen LogP contribution in [0.4, 0.5) is 4.79 Å². The van der Waals surface area contributed by atoms with Crippen molar-refractivity contribution in [3.05, 3.63) is 48.0 Å². The summed E-state index contributed by atoms with van der Waals surface area (Å²) in [4.78, 5) is 51.8. The van der Waals surface area contributed by atoms with E-state index in [1.165, 1.54) is 18.1 Å². The highest BCUT2D eigenvalue weighted by Crippen LogP contribution is 2.25. The third-order valence-electron chi connectivity index (χ3n) is 4.46. The quantitative estimate of drug-likeness (QED) is 0.269. The van der Waals surface area contributed by atoms with E-state index in [-0.39, 0.29) is 18.8 Å². The average molecular weight is 480 g/mol. The van der Waals surface area contributed by atoms with Crippen LogP contribution in [0.25, 0.3) is 0 Å². The van der Waals surface area contributed by atoms with Crippen molar-refractivity contribution in [2.24, 2.45) is 0 Å². The molecule has 2 N–H and O–H groups in total. The molecule has 0 aromatic heterocycles. The summed E-state index contributed by atoms with van der Waals surface area (Å²) >= 11 is 4.21. The summed E-state index contributed by atoms with van der Waals surface area (Å²) in [7, 11) is 1.21. The van der Waals surface area contributed by atoms with E-state index in [9.17, 15) is 19.2 Å². The van der Waals surface area contributed by atoms with Gasteiger partial charge in [0, 0.05) is 12.3 Å². The summed E-state index contributed by atoms with van der Waals surface area (Å²) in [5, 5.41) is 5.02. The van der Waals surface area contributed by atoms with Crippen LogP contribution in [0, 0.1) is 6.92 Å². The summed E-state index contributed by atoms with van der Waals surface area (Å²) in [6, 6.07) is 4.92. The second kappa shape index (κ2) is 12.9. The van der Waals surface area contributed by atoms with Gasteiger partial charge >= 0.3 is 12.1 Å². The fraction of sp³-hybridized carbons (Fsp3) is 0.478. The average Bonchev–Trinajstić information content (AvgIpc) is 2.74. The van der Waals surface area contributed by atoms with E-state index in [1.54, 1.807) is 32.9 Å². The SMILES string of the molecule is C=CCN(C(=O)C(CS)NC(=O)OC(C)(C)C)C(C(=O)NCC(=O)OC)c1ccccc1C. The molecular formula is C23H33N3O6S. The number of amides is 3. The minimum Gasteiger partial charge on any atom is -0.468 e. The Kier molecular flexibility index (Phi) is 10.9. The molecule has 1 rings (SSSR count). The molecule has 0 aliphatic heterocycles. The molecule has 3 amide bonds. The number of ether oxygens (including phenoxy) is 2. The van der Waals surface area contributed by atoms with Crippen LogP contribution in [0.1, 0.15) is 37.9 Å². The zero-order valence-corrected chi connectivity index (χ0v) is 20.6. The van der Waals surface area contributed by atoms with Gasteiger partial charge in [-0.15, -0.1) is 6.58 Å². The van der Waals surface area contributed by atoms with Crippen molar-refractivity contribution in [3.63, 3.8) is 0 Å². The van der Waals surface area contributed by atoms with Crippen LogP contribution < -0.4 is 10.6 Å². The summed E-state index contributed by atoms with van der Waals surface area (Å²) < 4.78 is 9.83. The zero-order valence-electron chi connectivity index (χ0n) is 19.7. The maximum atomic E-state index is 13.5. The van der Waals surface area contributed by atoms with Gasteiger partial charge in [0.1, 0.15) is 24.2 Å². The van der Waals surface area contributed by atoms with Crippen molar-refractivity contribution in [2.45, 2.75) is 45.4 Å². The Morgan fingerprint density at radius 2 is 1.85 bits per heavy atom. The van der Waals surface area contributed by atoms with Crippen LogP contribution in [0.2, 0.25) is 0 Å². The van der Waals surface area contributed by atoms with Crippen molar-refractivity contribution in [3.8, 4) is 0 Å². The van der Waals surface area contributed by atoms with Crippen molar-refractivity contribution in [1.29, 1.82) is 0 Å². The standard InChI is InChI=1S/C23H33N3O6S/c1-7-12-26(21(29)17(14-33)25-22(30)32-23(3,4)5)19(16-11-9-8-10-15(16)2)20(28)24-13-18(27)31-6/h7-11,17,19,33H,1,12-14H2,2-6H3,(H,24,28)(H,25,30). The molecule has 0 bridgehead atoms. The summed E-state index contributed by atoms with van der Waals surface area (Å²) in [6.07, 6.45) is 0.691. The maximum absolute atomic E-state index is 13.5. The highest BCUT2D eigenvalue weighted by molar-refractivity contribution is 7.80. The molecule has 33 heavy (non-hydrogen) atoms. The number of methoxy groups -OCH3 is 1. The molecule has 0 saturated carbocycles. The highest BCUT2D eigenvalue weighted by atomic mass is 32.1. The zero-order chi connectivity index (χ0) is 25.2. The third kappa shape index (κ3) is 8.80. The molecule has 0 fully saturated rings. The van der Waals surface area contributed by atoms with Crippen LogP contribution in [-0.2, 0) is 23.9 Å². The topological polar surface area (TPSA) is 114 Å². The lowest BCUT2D eigenvalue weighted by Crippen LogP contribution is -2.54. The Hall–Kier alpha value is -3.01. The Morgan fingerprint density at radius 3 is 2.36 bits per heavy atom. The Balaban J connectivity index is 3.33. The number of nitrogens with zero attached hydrogens (tertiary/aromatic N) is 1. The first-order valence-corrected chi connectivity index (χ1v) is 11.0. The van der Waals surface area contributed by atoms with Crippen molar-refractivity contribution in [1.82, 2.24) is 15.5 Å². The molecule has 182 valence electrons. The van der Waals surface area contributed by atoms with Gasteiger partial charge in [0.15, 0.2) is 0 Å². The molecule has 10 heteroatoms. The molecule has 2 atom stereocenters. The predicted molar refractivity (Wildman–Crippen MR) is 128 cm³/mol. The van der Waals surface area contributed by atoms with E-state index in [1.807, 2.05) is 19.1 Å². The Morgan fingerprint density at radius 1 is 1.21 bits per heavy atom. The van der Waals surface area contributed by atoms with Gasteiger partial charge in [-0.05, 0) is 38.8 Å². The summed E-state index contributed by atoms with van der Waals surface area (Å²) in [5.41, 5.74) is 0.567. The van der Waals surface area contributed by atoms with Gasteiger partial charge in [-0.1, -0.05) is 30.3 Å². The van der Waals surface area contributed by atoms with E-state index < -0.39 is 41.6 Å². The van der Waals surface area contributed by atoms with Crippen LogP contribution in [-0.4, -0.2) is 66.4 Å². The number of esters is 1. The number of thiol groups is 1. The normalized spacial score (nSPS) is 12.7. The highest BCUT2D eigenvalue weighted by Gasteiger charge is 2.36. The number of carbonyl (C=O) groups is 4. The number of benzene rings is 1. The Labute approximate surface area is 200 Å². The van der Waals surface area contributed by atoms with E-state index >= 15 is 0 Å². The molecule has 0 aliphatic rings. The van der Waals surface area contributed by atoms with Crippen LogP contribution >= 0.6 is 12.6 Å². The molecule has 9 nitrogen and oxygen atoms in total. The van der Waals surface area contributed by atoms with Crippen LogP contribution in [0.5, 0.6) is 0 Å². The minimum atomic E-state index is -1.09. The lowest BCUT2D eigenvalue weighted by atomic mass is 9.98. The fourth-order valence-corrected chi connectivity index (χ4v) is 3.22. The third-order valence-corrected chi connectivity index (χ3v) is 4.82. The Bertz CT molecular complexity index is 868. The number of hydrogen-bond acceptors (Lipinski definition) is 7. The van der Waals surface area contributed by atoms with Crippen LogP contribution in [0.3, 0.4) is 0 Å². The van der Waals surface area contributed by atoms with Crippen LogP contribution in [0.15, 0.2) is 36.9 Å². The minimum absolute atomic E-state index is 0.00372. The van der Waals surface area contributed by atoms with Gasteiger partial charge in [0.05, 0.1) is 7.11 Å². The first-order valence-electron chi connectivity index (χ1n) is 10.4. The first-order chi connectivity index (χ1) is 15.4. The lowest BCUT2D eigenvalue weighted by molar-refractivity contribution is -0.144. The molecule has 0 spiro atoms. The first kappa shape index (κ1) is 28.0. The van der Waals surface area contributed by atoms with Crippen molar-refractivity contribution < 1.29 is 28.7 Å². The van der Waals surface area contributed by atoms with Crippen molar-refractivity contribution in [2.75, 3.05) is 26.0 Å². The van der Waals surface area contributed by atoms with E-state index in [0.29, 0.717) is 5.56 Å². The monoisotopic (exact) mass is 479 g/mol. The molecule has 0 aliphatic carbocycles. The van der Waals surface area contributed by atoms with Gasteiger partial charge in [-0.2, -0.15) is 12.6 Å². The smallest absolute Gasteiger partial charge is 0.408 e. The number of carbonyl (C=O) groups excluding carboxylic acids is 4. The fourth-order valence-electron chi connectivity index (χ4n) is 2.97. The van der Waals surface area contributed by atoms with E-state index in [4.69, 9.17) is 4.74 Å². The number of nitrogens with one attached hydrogen (secondary N) is 2. The second-order valence-electron chi connectivity index (χ2n) is 8.21. The van der Waals surface area contributed by atoms with Gasteiger partial charge in [0.2, 0.25) is 11.8 Å². The van der Waals surface area contributed by atoms with Gasteiger partial charge < -0.3 is 25.0 Å². The van der Waals surface area contributed by atoms with E-state index in [2.05, 4.69) is 34.6 Å². The molecule has 1 aromatic carbocycles. The second-order valence-corrected chi connectivity index (χ2v) is 8.58. The molecular weight excluding hydrogens is 446 g/mol. The summed E-state index contributed by atoms with van der Waals surface area (Å²) in [5.74, 6) is -1.80. The molecule has 0 heterocycles. The molecule has 2 unspecified atom stereocenters. The number of alkyl carbamates (subject to hydrolysis) is 1. The predicted octanol–water partition coefficient (Wildman–Crippen LogP) is 2.16. The van der Waals surface area contributed by atoms with Gasteiger partial charge in [-0.3, -0.25) is 14.4 Å². The molecule has 0 saturated heterocycles. The number of hydrogen-bond donors (Lipinski definition) is 3. The van der Waals surface area contributed by atoms with Gasteiger partial charge in [0.25, 0.3) is 0 Å². The maximum Gasteiger partial charge on any atom is 0.408 e. The molecule has 1 aromatic rings. The lowest BCUT2D eigenvalue weighted by Gasteiger charge is -2.34. The van der Waals surface area contributed by atoms with Gasteiger partial charge in [-0.25, -0.2) is 4.79 Å². The van der Waals surface area contributed by atoms with E-state index in [0.717, 1.165) is 5.56 Å². The number of rotatable bonds is 10. The summed E-state index contributed by atoms with van der Waals surface area (Å²) in [6.45, 7) is 10.2. The largest absolute Gasteiger partial charge is 0.468 e. The van der Waals surface area contributed by atoms with Crippen molar-refractivity contribution >= 4 is 36.5 Å².